The lowest BCUT2D eigenvalue weighted by molar-refractivity contribution is 0.171. The van der Waals surface area contributed by atoms with Gasteiger partial charge >= 0.3 is 0 Å². The minimum Gasteiger partial charge on any atom is -0.506 e. The summed E-state index contributed by atoms with van der Waals surface area (Å²) in [6, 6.07) is 6.12. The highest BCUT2D eigenvalue weighted by molar-refractivity contribution is 5.29. The molecule has 4 nitrogen and oxygen atoms in total. The van der Waals surface area contributed by atoms with E-state index >= 15 is 0 Å². The maximum absolute atomic E-state index is 14.1. The van der Waals surface area contributed by atoms with Gasteiger partial charge in [0.1, 0.15) is 17.4 Å². The van der Waals surface area contributed by atoms with Crippen molar-refractivity contribution in [2.24, 2.45) is 0 Å². The average Bonchev–Trinajstić information content (AvgIpc) is 2.86. The Morgan fingerprint density at radius 2 is 2.04 bits per heavy atom. The molecule has 0 bridgehead atoms. The number of halogens is 2. The number of aromatic hydroxyl groups is 1. The Morgan fingerprint density at radius 1 is 1.26 bits per heavy atom. The molecular formula is C17H18F2N2O2. The van der Waals surface area contributed by atoms with Gasteiger partial charge < -0.3 is 10.2 Å². The third-order valence-corrected chi connectivity index (χ3v) is 4.14. The van der Waals surface area contributed by atoms with E-state index in [0.717, 1.165) is 23.9 Å². The lowest BCUT2D eigenvalue weighted by atomic mass is 10.0. The zero-order valence-electron chi connectivity index (χ0n) is 12.7. The van der Waals surface area contributed by atoms with Gasteiger partial charge in [0.2, 0.25) is 0 Å². The van der Waals surface area contributed by atoms with Crippen LogP contribution in [0, 0.1) is 18.6 Å². The second-order valence-corrected chi connectivity index (χ2v) is 5.92. The van der Waals surface area contributed by atoms with Crippen LogP contribution in [-0.4, -0.2) is 32.7 Å². The van der Waals surface area contributed by atoms with Gasteiger partial charge in [-0.05, 0) is 43.7 Å². The van der Waals surface area contributed by atoms with Gasteiger partial charge in [-0.3, -0.25) is 9.88 Å². The number of aryl methyl sites for hydroxylation is 1. The molecule has 122 valence electrons. The highest BCUT2D eigenvalue weighted by atomic mass is 19.1. The van der Waals surface area contributed by atoms with Crippen molar-refractivity contribution in [3.63, 3.8) is 0 Å². The van der Waals surface area contributed by atoms with Crippen molar-refractivity contribution >= 4 is 0 Å². The molecule has 2 N–H and O–H groups in total. The Morgan fingerprint density at radius 3 is 2.83 bits per heavy atom. The molecule has 1 aliphatic heterocycles. The van der Waals surface area contributed by atoms with E-state index in [1.807, 2.05) is 11.8 Å². The standard InChI is InChI=1S/C17H18F2N2O2/c1-10-2-5-17(23)15(20-10)9-21-8-12(22)7-16(21)13-6-11(18)3-4-14(13)19/h2-6,12,16,22-23H,7-9H2,1H3/t12-,16+/m0/s1. The minimum absolute atomic E-state index is 0.0513. The molecule has 1 aromatic carbocycles. The van der Waals surface area contributed by atoms with Crippen molar-refractivity contribution in [2.75, 3.05) is 6.54 Å². The molecule has 0 unspecified atom stereocenters. The number of aromatic nitrogens is 1. The zero-order valence-corrected chi connectivity index (χ0v) is 12.7. The minimum atomic E-state index is -0.630. The van der Waals surface area contributed by atoms with E-state index in [9.17, 15) is 19.0 Å². The molecule has 1 saturated heterocycles. The van der Waals surface area contributed by atoms with Gasteiger partial charge in [0, 0.05) is 30.4 Å². The average molecular weight is 320 g/mol. The van der Waals surface area contributed by atoms with E-state index in [4.69, 9.17) is 0 Å². The van der Waals surface area contributed by atoms with Crippen LogP contribution in [-0.2, 0) is 6.54 Å². The van der Waals surface area contributed by atoms with Gasteiger partial charge in [-0.1, -0.05) is 0 Å². The van der Waals surface area contributed by atoms with Gasteiger partial charge in [-0.2, -0.15) is 0 Å². The van der Waals surface area contributed by atoms with Gasteiger partial charge in [-0.15, -0.1) is 0 Å². The summed E-state index contributed by atoms with van der Waals surface area (Å²) in [5.41, 5.74) is 1.43. The number of likely N-dealkylation sites (tertiary alicyclic amines) is 1. The predicted molar refractivity (Wildman–Crippen MR) is 80.8 cm³/mol. The predicted octanol–water partition coefficient (Wildman–Crippen LogP) is 2.68. The summed E-state index contributed by atoms with van der Waals surface area (Å²) in [5, 5.41) is 19.9. The van der Waals surface area contributed by atoms with Crippen molar-refractivity contribution in [3.05, 3.63) is 58.9 Å². The van der Waals surface area contributed by atoms with E-state index in [-0.39, 0.29) is 17.9 Å². The maximum atomic E-state index is 14.1. The summed E-state index contributed by atoms with van der Waals surface area (Å²) in [6.45, 7) is 2.38. The number of hydrogen-bond donors (Lipinski definition) is 2. The van der Waals surface area contributed by atoms with Crippen molar-refractivity contribution in [1.82, 2.24) is 9.88 Å². The van der Waals surface area contributed by atoms with Crippen molar-refractivity contribution in [1.29, 1.82) is 0 Å². The van der Waals surface area contributed by atoms with Gasteiger partial charge in [-0.25, -0.2) is 8.78 Å². The number of hydrogen-bond acceptors (Lipinski definition) is 4. The molecule has 0 saturated carbocycles. The second-order valence-electron chi connectivity index (χ2n) is 5.92. The van der Waals surface area contributed by atoms with Crippen LogP contribution in [0.3, 0.4) is 0 Å². The lowest BCUT2D eigenvalue weighted by Crippen LogP contribution is -2.25. The molecular weight excluding hydrogens is 302 g/mol. The van der Waals surface area contributed by atoms with E-state index in [1.54, 1.807) is 12.1 Å². The molecule has 0 radical (unpaired) electrons. The Bertz CT molecular complexity index is 724. The van der Waals surface area contributed by atoms with E-state index in [1.165, 1.54) is 0 Å². The molecule has 0 spiro atoms. The van der Waals surface area contributed by atoms with Gasteiger partial charge in [0.25, 0.3) is 0 Å². The Kier molecular flexibility index (Phi) is 4.28. The monoisotopic (exact) mass is 320 g/mol. The molecule has 6 heteroatoms. The molecule has 2 aromatic rings. The lowest BCUT2D eigenvalue weighted by Gasteiger charge is -2.25. The topological polar surface area (TPSA) is 56.6 Å². The van der Waals surface area contributed by atoms with Crippen LogP contribution in [0.2, 0.25) is 0 Å². The molecule has 2 heterocycles. The van der Waals surface area contributed by atoms with E-state index in [0.29, 0.717) is 18.7 Å². The largest absolute Gasteiger partial charge is 0.506 e. The van der Waals surface area contributed by atoms with Crippen molar-refractivity contribution in [3.8, 4) is 5.75 Å². The first kappa shape index (κ1) is 15.8. The highest BCUT2D eigenvalue weighted by Gasteiger charge is 2.34. The number of aliphatic hydroxyl groups excluding tert-OH is 1. The smallest absolute Gasteiger partial charge is 0.138 e. The van der Waals surface area contributed by atoms with Crippen LogP contribution in [0.5, 0.6) is 5.75 Å². The first-order valence-electron chi connectivity index (χ1n) is 7.46. The number of nitrogens with zero attached hydrogens (tertiary/aromatic N) is 2. The van der Waals surface area contributed by atoms with Crippen LogP contribution in [0.15, 0.2) is 30.3 Å². The number of rotatable bonds is 3. The first-order valence-corrected chi connectivity index (χ1v) is 7.46. The summed E-state index contributed by atoms with van der Waals surface area (Å²) in [4.78, 5) is 6.10. The summed E-state index contributed by atoms with van der Waals surface area (Å²) >= 11 is 0. The molecule has 0 amide bonds. The quantitative estimate of drug-likeness (QED) is 0.913. The summed E-state index contributed by atoms with van der Waals surface area (Å²) in [6.07, 6.45) is -0.318. The normalized spacial score (nSPS) is 21.7. The number of β-amino-alcohol motifs (C(OH)–C–C–N with tert-alkyl or cyclic N) is 1. The summed E-state index contributed by atoms with van der Waals surface area (Å²) < 4.78 is 27.5. The Hall–Kier alpha value is -2.05. The summed E-state index contributed by atoms with van der Waals surface area (Å²) in [7, 11) is 0. The maximum Gasteiger partial charge on any atom is 0.138 e. The number of pyridine rings is 1. The zero-order chi connectivity index (χ0) is 16.6. The van der Waals surface area contributed by atoms with Crippen molar-refractivity contribution in [2.45, 2.75) is 32.0 Å². The Balaban J connectivity index is 1.91. The molecule has 2 atom stereocenters. The molecule has 1 fully saturated rings. The number of aliphatic hydroxyl groups is 1. The fourth-order valence-electron chi connectivity index (χ4n) is 3.06. The fourth-order valence-corrected chi connectivity index (χ4v) is 3.06. The van der Waals surface area contributed by atoms with Gasteiger partial charge in [0.15, 0.2) is 0 Å². The van der Waals surface area contributed by atoms with Crippen LogP contribution in [0.1, 0.15) is 29.4 Å². The van der Waals surface area contributed by atoms with Gasteiger partial charge in [0.05, 0.1) is 11.8 Å². The van der Waals surface area contributed by atoms with Crippen LogP contribution >= 0.6 is 0 Å². The molecule has 1 aromatic heterocycles. The van der Waals surface area contributed by atoms with Crippen LogP contribution in [0.4, 0.5) is 8.78 Å². The summed E-state index contributed by atoms with van der Waals surface area (Å²) in [5.74, 6) is -0.966. The van der Waals surface area contributed by atoms with Crippen molar-refractivity contribution < 1.29 is 19.0 Å². The van der Waals surface area contributed by atoms with Crippen LogP contribution < -0.4 is 0 Å². The van der Waals surface area contributed by atoms with Crippen LogP contribution in [0.25, 0.3) is 0 Å². The van der Waals surface area contributed by atoms with E-state index < -0.39 is 23.8 Å². The van der Waals surface area contributed by atoms with E-state index in [2.05, 4.69) is 4.98 Å². The third kappa shape index (κ3) is 3.33. The first-order chi connectivity index (χ1) is 10.9. The third-order valence-electron chi connectivity index (χ3n) is 4.14. The second kappa shape index (κ2) is 6.22. The molecule has 23 heavy (non-hydrogen) atoms. The fraction of sp³-hybridized carbons (Fsp3) is 0.353. The molecule has 3 rings (SSSR count). The molecule has 0 aliphatic carbocycles. The number of benzene rings is 1. The molecule has 1 aliphatic rings. The highest BCUT2D eigenvalue weighted by Crippen LogP contribution is 2.35. The Labute approximate surface area is 133 Å². The SMILES string of the molecule is Cc1ccc(O)c(CN2C[C@@H](O)C[C@@H]2c2cc(F)ccc2F)n1.